The third kappa shape index (κ3) is 3.14. The Morgan fingerprint density at radius 2 is 2.38 bits per heavy atom. The van der Waals surface area contributed by atoms with E-state index in [-0.39, 0.29) is 6.61 Å². The Morgan fingerprint density at radius 1 is 1.54 bits per heavy atom. The second kappa shape index (κ2) is 5.18. The molecule has 0 aliphatic rings. The Balaban J connectivity index is 2.73. The Morgan fingerprint density at radius 3 is 3.08 bits per heavy atom. The van der Waals surface area contributed by atoms with Crippen LogP contribution < -0.4 is 4.74 Å². The van der Waals surface area contributed by atoms with E-state index in [1.807, 2.05) is 6.07 Å². The summed E-state index contributed by atoms with van der Waals surface area (Å²) in [5, 5.41) is 8.50. The van der Waals surface area contributed by atoms with Gasteiger partial charge in [0.05, 0.1) is 13.7 Å². The maximum Gasteiger partial charge on any atom is 0.214 e. The second-order valence-electron chi connectivity index (χ2n) is 2.34. The van der Waals surface area contributed by atoms with E-state index in [1.54, 1.807) is 19.2 Å². The molecule has 0 unspecified atom stereocenters. The molecule has 1 rings (SSSR count). The number of aliphatic hydroxyl groups is 1. The van der Waals surface area contributed by atoms with Crippen LogP contribution in [0.25, 0.3) is 0 Å². The van der Waals surface area contributed by atoms with Gasteiger partial charge in [0.2, 0.25) is 5.88 Å². The molecule has 0 saturated heterocycles. The number of hydrogen-bond acceptors (Lipinski definition) is 3. The van der Waals surface area contributed by atoms with Gasteiger partial charge in [0, 0.05) is 12.5 Å². The van der Waals surface area contributed by atoms with Crippen molar-refractivity contribution in [2.45, 2.75) is 6.42 Å². The zero-order valence-corrected chi connectivity index (χ0v) is 7.45. The number of aromatic nitrogens is 1. The van der Waals surface area contributed by atoms with Crippen molar-refractivity contribution in [3.8, 4) is 17.7 Å². The van der Waals surface area contributed by atoms with Gasteiger partial charge in [0.15, 0.2) is 0 Å². The van der Waals surface area contributed by atoms with Crippen LogP contribution in [0.4, 0.5) is 0 Å². The molecule has 0 aliphatic carbocycles. The smallest absolute Gasteiger partial charge is 0.214 e. The highest BCUT2D eigenvalue weighted by atomic mass is 16.5. The number of aliphatic hydroxyl groups excluding tert-OH is 1. The van der Waals surface area contributed by atoms with Crippen molar-refractivity contribution in [3.63, 3.8) is 0 Å². The first-order valence-corrected chi connectivity index (χ1v) is 3.97. The molecule has 0 aliphatic heterocycles. The minimum absolute atomic E-state index is 0.0803. The molecule has 3 heteroatoms. The molecule has 1 aromatic heterocycles. The van der Waals surface area contributed by atoms with Gasteiger partial charge < -0.3 is 9.84 Å². The SMILES string of the molecule is COc1cccc(C#CCCO)n1. The van der Waals surface area contributed by atoms with Crippen LogP contribution in [0.2, 0.25) is 0 Å². The molecular weight excluding hydrogens is 166 g/mol. The van der Waals surface area contributed by atoms with Crippen LogP contribution in [0.1, 0.15) is 12.1 Å². The highest BCUT2D eigenvalue weighted by molar-refractivity contribution is 5.30. The first-order valence-electron chi connectivity index (χ1n) is 3.97. The average molecular weight is 177 g/mol. The summed E-state index contributed by atoms with van der Waals surface area (Å²) in [6.07, 6.45) is 0.471. The van der Waals surface area contributed by atoms with E-state index in [2.05, 4.69) is 16.8 Å². The van der Waals surface area contributed by atoms with Crippen LogP contribution >= 0.6 is 0 Å². The lowest BCUT2D eigenvalue weighted by Crippen LogP contribution is -1.89. The summed E-state index contributed by atoms with van der Waals surface area (Å²) < 4.78 is 4.93. The van der Waals surface area contributed by atoms with Crippen LogP contribution in [0.3, 0.4) is 0 Å². The van der Waals surface area contributed by atoms with Crippen molar-refractivity contribution >= 4 is 0 Å². The van der Waals surface area contributed by atoms with Gasteiger partial charge >= 0.3 is 0 Å². The molecule has 3 nitrogen and oxygen atoms in total. The molecule has 1 heterocycles. The molecule has 0 spiro atoms. The third-order valence-electron chi connectivity index (χ3n) is 1.39. The van der Waals surface area contributed by atoms with E-state index in [9.17, 15) is 0 Å². The molecular formula is C10H11NO2. The van der Waals surface area contributed by atoms with Crippen LogP contribution in [0.15, 0.2) is 18.2 Å². The van der Waals surface area contributed by atoms with Gasteiger partial charge in [0.1, 0.15) is 5.69 Å². The molecule has 0 fully saturated rings. The maximum atomic E-state index is 8.50. The van der Waals surface area contributed by atoms with Gasteiger partial charge in [0.25, 0.3) is 0 Å². The number of methoxy groups -OCH3 is 1. The van der Waals surface area contributed by atoms with Gasteiger partial charge in [-0.1, -0.05) is 12.0 Å². The molecule has 0 bridgehead atoms. The van der Waals surface area contributed by atoms with Crippen molar-refractivity contribution < 1.29 is 9.84 Å². The fraction of sp³-hybridized carbons (Fsp3) is 0.300. The number of rotatable bonds is 2. The van der Waals surface area contributed by atoms with Crippen molar-refractivity contribution in [2.24, 2.45) is 0 Å². The number of hydrogen-bond donors (Lipinski definition) is 1. The highest BCUT2D eigenvalue weighted by Crippen LogP contribution is 2.04. The normalized spacial score (nSPS) is 8.77. The summed E-state index contributed by atoms with van der Waals surface area (Å²) in [7, 11) is 1.56. The Hall–Kier alpha value is -1.53. The number of nitrogens with zero attached hydrogens (tertiary/aromatic N) is 1. The van der Waals surface area contributed by atoms with E-state index in [0.717, 1.165) is 0 Å². The monoisotopic (exact) mass is 177 g/mol. The minimum atomic E-state index is 0.0803. The van der Waals surface area contributed by atoms with Gasteiger partial charge in [-0.2, -0.15) is 0 Å². The van der Waals surface area contributed by atoms with Gasteiger partial charge in [-0.3, -0.25) is 0 Å². The summed E-state index contributed by atoms with van der Waals surface area (Å²) in [5.41, 5.74) is 0.660. The van der Waals surface area contributed by atoms with Gasteiger partial charge in [-0.05, 0) is 12.0 Å². The van der Waals surface area contributed by atoms with Crippen LogP contribution in [-0.2, 0) is 0 Å². The van der Waals surface area contributed by atoms with Crippen LogP contribution in [-0.4, -0.2) is 23.8 Å². The number of ether oxygens (including phenoxy) is 1. The molecule has 1 aromatic rings. The first-order chi connectivity index (χ1) is 6.36. The highest BCUT2D eigenvalue weighted by Gasteiger charge is 1.91. The quantitative estimate of drug-likeness (QED) is 0.680. The topological polar surface area (TPSA) is 42.4 Å². The van der Waals surface area contributed by atoms with Crippen molar-refractivity contribution in [2.75, 3.05) is 13.7 Å². The molecule has 0 saturated carbocycles. The summed E-state index contributed by atoms with van der Waals surface area (Å²) in [6, 6.07) is 5.39. The molecule has 68 valence electrons. The van der Waals surface area contributed by atoms with Crippen LogP contribution in [0, 0.1) is 11.8 Å². The van der Waals surface area contributed by atoms with Crippen LogP contribution in [0.5, 0.6) is 5.88 Å². The lowest BCUT2D eigenvalue weighted by Gasteiger charge is -1.96. The van der Waals surface area contributed by atoms with Crippen molar-refractivity contribution in [1.82, 2.24) is 4.98 Å². The molecule has 13 heavy (non-hydrogen) atoms. The van der Waals surface area contributed by atoms with E-state index in [0.29, 0.717) is 18.0 Å². The Bertz CT molecular complexity index is 325. The fourth-order valence-electron chi connectivity index (χ4n) is 0.807. The zero-order valence-electron chi connectivity index (χ0n) is 7.45. The number of pyridine rings is 1. The van der Waals surface area contributed by atoms with E-state index in [4.69, 9.17) is 9.84 Å². The standard InChI is InChI=1S/C10H11NO2/c1-13-10-7-4-6-9(11-10)5-2-3-8-12/h4,6-7,12H,3,8H2,1H3. The van der Waals surface area contributed by atoms with Crippen molar-refractivity contribution in [1.29, 1.82) is 0 Å². The summed E-state index contributed by atoms with van der Waals surface area (Å²) in [6.45, 7) is 0.0803. The van der Waals surface area contributed by atoms with E-state index < -0.39 is 0 Å². The predicted octanol–water partition coefficient (Wildman–Crippen LogP) is 0.824. The third-order valence-corrected chi connectivity index (χ3v) is 1.39. The largest absolute Gasteiger partial charge is 0.481 e. The summed E-state index contributed by atoms with van der Waals surface area (Å²) in [4.78, 5) is 4.09. The van der Waals surface area contributed by atoms with Gasteiger partial charge in [-0.25, -0.2) is 4.98 Å². The summed E-state index contributed by atoms with van der Waals surface area (Å²) in [5.74, 6) is 6.16. The zero-order chi connectivity index (χ0) is 9.52. The molecule has 0 atom stereocenters. The van der Waals surface area contributed by atoms with Gasteiger partial charge in [-0.15, -0.1) is 0 Å². The first kappa shape index (κ1) is 9.56. The lowest BCUT2D eigenvalue weighted by molar-refractivity contribution is 0.305. The maximum absolute atomic E-state index is 8.50. The molecule has 0 aromatic carbocycles. The van der Waals surface area contributed by atoms with E-state index >= 15 is 0 Å². The lowest BCUT2D eigenvalue weighted by atomic mass is 10.3. The Kier molecular flexibility index (Phi) is 3.80. The van der Waals surface area contributed by atoms with Crippen molar-refractivity contribution in [3.05, 3.63) is 23.9 Å². The predicted molar refractivity (Wildman–Crippen MR) is 49.4 cm³/mol. The molecule has 0 radical (unpaired) electrons. The Labute approximate surface area is 77.4 Å². The molecule has 0 amide bonds. The molecule has 1 N–H and O–H groups in total. The van der Waals surface area contributed by atoms with E-state index in [1.165, 1.54) is 0 Å². The fourth-order valence-corrected chi connectivity index (χ4v) is 0.807. The second-order valence-corrected chi connectivity index (χ2v) is 2.34. The minimum Gasteiger partial charge on any atom is -0.481 e. The average Bonchev–Trinajstić information content (AvgIpc) is 2.19. The summed E-state index contributed by atoms with van der Waals surface area (Å²) >= 11 is 0.